The summed E-state index contributed by atoms with van der Waals surface area (Å²) >= 11 is 0. The lowest BCUT2D eigenvalue weighted by Crippen LogP contribution is -2.12. The zero-order chi connectivity index (χ0) is 8.13. The lowest BCUT2D eigenvalue weighted by Gasteiger charge is -2.13. The molecule has 2 heteroatoms. The molecule has 2 bridgehead atoms. The van der Waals surface area contributed by atoms with Gasteiger partial charge in [-0.1, -0.05) is 0 Å². The predicted molar refractivity (Wildman–Crippen MR) is 46.7 cm³/mol. The molecule has 0 saturated carbocycles. The van der Waals surface area contributed by atoms with Gasteiger partial charge in [0.2, 0.25) is 0 Å². The van der Waals surface area contributed by atoms with E-state index in [1.807, 2.05) is 12.4 Å². The van der Waals surface area contributed by atoms with Crippen LogP contribution < -0.4 is 0 Å². The van der Waals surface area contributed by atoms with Gasteiger partial charge >= 0.3 is 0 Å². The number of fused-ring (bicyclic) bond motifs is 5. The van der Waals surface area contributed by atoms with Crippen molar-refractivity contribution in [2.75, 3.05) is 7.05 Å². The maximum Gasteiger partial charge on any atom is 0.0370 e. The largest absolute Gasteiger partial charge is 0.292 e. The van der Waals surface area contributed by atoms with Crippen molar-refractivity contribution in [3.05, 3.63) is 29.6 Å². The van der Waals surface area contributed by atoms with Crippen molar-refractivity contribution in [3.8, 4) is 0 Å². The van der Waals surface area contributed by atoms with Crippen molar-refractivity contribution < 1.29 is 0 Å². The maximum absolute atomic E-state index is 4.18. The molecule has 0 amide bonds. The van der Waals surface area contributed by atoms with Gasteiger partial charge in [0.05, 0.1) is 0 Å². The first kappa shape index (κ1) is 6.61. The Morgan fingerprint density at radius 1 is 1.33 bits per heavy atom. The molecule has 2 aliphatic rings. The number of aromatic nitrogens is 1. The Morgan fingerprint density at radius 2 is 2.08 bits per heavy atom. The van der Waals surface area contributed by atoms with E-state index < -0.39 is 0 Å². The molecular formula is C10H12N2. The summed E-state index contributed by atoms with van der Waals surface area (Å²) in [5.74, 6) is 0. The van der Waals surface area contributed by atoms with E-state index in [0.29, 0.717) is 12.1 Å². The SMILES string of the molecule is CN1C2CCC1c1cnccc12. The van der Waals surface area contributed by atoms with Gasteiger partial charge in [0, 0.05) is 24.5 Å². The first-order valence-corrected chi connectivity index (χ1v) is 4.53. The second-order valence-electron chi connectivity index (χ2n) is 3.78. The molecule has 2 nitrogen and oxygen atoms in total. The molecule has 2 atom stereocenters. The minimum atomic E-state index is 0.665. The van der Waals surface area contributed by atoms with E-state index in [9.17, 15) is 0 Å². The highest BCUT2D eigenvalue weighted by atomic mass is 15.2. The molecule has 1 fully saturated rings. The molecule has 2 aliphatic heterocycles. The molecule has 2 unspecified atom stereocenters. The Morgan fingerprint density at radius 3 is 2.83 bits per heavy atom. The molecule has 1 aromatic heterocycles. The first-order chi connectivity index (χ1) is 5.88. The van der Waals surface area contributed by atoms with E-state index in [1.54, 1.807) is 0 Å². The fraction of sp³-hybridized carbons (Fsp3) is 0.500. The molecule has 0 aromatic carbocycles. The average Bonchev–Trinajstić information content (AvgIpc) is 2.61. The van der Waals surface area contributed by atoms with Crippen LogP contribution in [0.1, 0.15) is 36.1 Å². The molecule has 0 radical (unpaired) electrons. The van der Waals surface area contributed by atoms with Crippen molar-refractivity contribution in [2.45, 2.75) is 24.9 Å². The summed E-state index contributed by atoms with van der Waals surface area (Å²) in [6, 6.07) is 3.53. The Kier molecular flexibility index (Phi) is 1.14. The standard InChI is InChI=1S/C10H12N2/c1-12-9-2-3-10(12)8-6-11-5-4-7(8)9/h4-6,9-10H,2-3H2,1H3. The summed E-state index contributed by atoms with van der Waals surface area (Å²) in [5, 5.41) is 0. The van der Waals surface area contributed by atoms with Crippen LogP contribution in [0.4, 0.5) is 0 Å². The molecule has 0 spiro atoms. The number of hydrogen-bond donors (Lipinski definition) is 0. The van der Waals surface area contributed by atoms with E-state index >= 15 is 0 Å². The van der Waals surface area contributed by atoms with Crippen LogP contribution in [0.15, 0.2) is 18.5 Å². The Bertz CT molecular complexity index is 290. The Balaban J connectivity index is 2.21. The molecule has 3 heterocycles. The number of pyridine rings is 1. The number of rotatable bonds is 0. The van der Waals surface area contributed by atoms with Crippen LogP contribution in [-0.4, -0.2) is 16.9 Å². The molecule has 0 aliphatic carbocycles. The summed E-state index contributed by atoms with van der Waals surface area (Å²) < 4.78 is 0. The van der Waals surface area contributed by atoms with Crippen LogP contribution in [-0.2, 0) is 0 Å². The molecule has 12 heavy (non-hydrogen) atoms. The molecule has 3 rings (SSSR count). The van der Waals surface area contributed by atoms with E-state index in [4.69, 9.17) is 0 Å². The summed E-state index contributed by atoms with van der Waals surface area (Å²) in [6.45, 7) is 0. The molecule has 1 saturated heterocycles. The van der Waals surface area contributed by atoms with Gasteiger partial charge in [-0.2, -0.15) is 0 Å². The zero-order valence-electron chi connectivity index (χ0n) is 7.20. The van der Waals surface area contributed by atoms with Crippen LogP contribution in [0.2, 0.25) is 0 Å². The highest BCUT2D eigenvalue weighted by Crippen LogP contribution is 2.51. The van der Waals surface area contributed by atoms with Gasteiger partial charge in [-0.15, -0.1) is 0 Å². The lowest BCUT2D eigenvalue weighted by molar-refractivity contribution is 0.280. The first-order valence-electron chi connectivity index (χ1n) is 4.53. The second kappa shape index (κ2) is 2.07. The van der Waals surface area contributed by atoms with Crippen molar-refractivity contribution in [1.29, 1.82) is 0 Å². The fourth-order valence-corrected chi connectivity index (χ4v) is 2.69. The molecule has 62 valence electrons. The van der Waals surface area contributed by atoms with E-state index in [-0.39, 0.29) is 0 Å². The van der Waals surface area contributed by atoms with Gasteiger partial charge in [-0.05, 0) is 37.1 Å². The van der Waals surface area contributed by atoms with E-state index in [2.05, 4.69) is 23.0 Å². The fourth-order valence-electron chi connectivity index (χ4n) is 2.69. The molecule has 0 N–H and O–H groups in total. The van der Waals surface area contributed by atoms with Gasteiger partial charge in [0.15, 0.2) is 0 Å². The summed E-state index contributed by atoms with van der Waals surface area (Å²) in [5.41, 5.74) is 2.99. The topological polar surface area (TPSA) is 16.1 Å². The normalized spacial score (nSPS) is 32.4. The second-order valence-corrected chi connectivity index (χ2v) is 3.78. The number of hydrogen-bond acceptors (Lipinski definition) is 2. The number of nitrogens with zero attached hydrogens (tertiary/aromatic N) is 2. The summed E-state index contributed by atoms with van der Waals surface area (Å²) in [4.78, 5) is 6.66. The third kappa shape index (κ3) is 0.619. The zero-order valence-corrected chi connectivity index (χ0v) is 7.20. The van der Waals surface area contributed by atoms with Gasteiger partial charge in [0.25, 0.3) is 0 Å². The minimum Gasteiger partial charge on any atom is -0.292 e. The third-order valence-corrected chi connectivity index (χ3v) is 3.30. The van der Waals surface area contributed by atoms with E-state index in [1.165, 1.54) is 24.0 Å². The van der Waals surface area contributed by atoms with Crippen LogP contribution in [0.5, 0.6) is 0 Å². The van der Waals surface area contributed by atoms with Gasteiger partial charge in [-0.3, -0.25) is 9.88 Å². The van der Waals surface area contributed by atoms with Crippen molar-refractivity contribution >= 4 is 0 Å². The average molecular weight is 160 g/mol. The van der Waals surface area contributed by atoms with Crippen LogP contribution >= 0.6 is 0 Å². The Labute approximate surface area is 72.2 Å². The van der Waals surface area contributed by atoms with Gasteiger partial charge < -0.3 is 0 Å². The highest BCUT2D eigenvalue weighted by molar-refractivity contribution is 5.37. The summed E-state index contributed by atoms with van der Waals surface area (Å²) in [7, 11) is 2.22. The molecular weight excluding hydrogens is 148 g/mol. The van der Waals surface area contributed by atoms with Gasteiger partial charge in [-0.25, -0.2) is 0 Å². The maximum atomic E-state index is 4.18. The monoisotopic (exact) mass is 160 g/mol. The van der Waals surface area contributed by atoms with Crippen molar-refractivity contribution in [3.63, 3.8) is 0 Å². The highest BCUT2D eigenvalue weighted by Gasteiger charge is 2.41. The van der Waals surface area contributed by atoms with Gasteiger partial charge in [0.1, 0.15) is 0 Å². The molecule has 1 aromatic rings. The third-order valence-electron chi connectivity index (χ3n) is 3.30. The Hall–Kier alpha value is -0.890. The minimum absolute atomic E-state index is 0.665. The van der Waals surface area contributed by atoms with Crippen molar-refractivity contribution in [1.82, 2.24) is 9.88 Å². The lowest BCUT2D eigenvalue weighted by atomic mass is 9.94. The predicted octanol–water partition coefficient (Wildman–Crippen LogP) is 1.90. The smallest absolute Gasteiger partial charge is 0.0370 e. The summed E-state index contributed by atoms with van der Waals surface area (Å²) in [6.07, 6.45) is 6.60. The van der Waals surface area contributed by atoms with Crippen molar-refractivity contribution in [2.24, 2.45) is 0 Å². The van der Waals surface area contributed by atoms with Crippen LogP contribution in [0.25, 0.3) is 0 Å². The van der Waals surface area contributed by atoms with Crippen LogP contribution in [0, 0.1) is 0 Å². The van der Waals surface area contributed by atoms with Crippen LogP contribution in [0.3, 0.4) is 0 Å². The quantitative estimate of drug-likeness (QED) is 0.576. The van der Waals surface area contributed by atoms with E-state index in [0.717, 1.165) is 0 Å².